The van der Waals surface area contributed by atoms with Crippen LogP contribution in [-0.2, 0) is 5.41 Å². The van der Waals surface area contributed by atoms with Gasteiger partial charge in [-0.25, -0.2) is 9.97 Å². The summed E-state index contributed by atoms with van der Waals surface area (Å²) in [6.45, 7) is 0. The molecular weight excluding hydrogens is 649 g/mol. The first-order chi connectivity index (χ1) is 25.8. The molecule has 2 aromatic heterocycles. The van der Waals surface area contributed by atoms with E-state index in [2.05, 4.69) is 164 Å². The largest absolute Gasteiger partial charge is 0.228 e. The molecule has 0 fully saturated rings. The van der Waals surface area contributed by atoms with Gasteiger partial charge in [-0.05, 0) is 73.7 Å². The van der Waals surface area contributed by atoms with E-state index in [1.165, 1.54) is 65.0 Å². The molecule has 7 aromatic carbocycles. The molecule has 2 aliphatic carbocycles. The zero-order chi connectivity index (χ0) is 34.2. The topological polar surface area (TPSA) is 25.8 Å². The van der Waals surface area contributed by atoms with Crippen LogP contribution in [0.15, 0.2) is 182 Å². The molecule has 0 radical (unpaired) electrons. The molecule has 2 heterocycles. The van der Waals surface area contributed by atoms with Crippen LogP contribution in [0, 0.1) is 0 Å². The van der Waals surface area contributed by atoms with E-state index in [0.717, 1.165) is 33.9 Å². The number of rotatable bonds is 4. The summed E-state index contributed by atoms with van der Waals surface area (Å²) in [7, 11) is 0. The van der Waals surface area contributed by atoms with Gasteiger partial charge >= 0.3 is 0 Å². The van der Waals surface area contributed by atoms with Crippen molar-refractivity contribution in [1.29, 1.82) is 0 Å². The fourth-order valence-electron chi connectivity index (χ4n) is 8.68. The summed E-state index contributed by atoms with van der Waals surface area (Å²) in [5.74, 6) is 0.719. The van der Waals surface area contributed by atoms with Crippen molar-refractivity contribution in [2.24, 2.45) is 0 Å². The molecule has 0 saturated heterocycles. The van der Waals surface area contributed by atoms with Gasteiger partial charge in [0.15, 0.2) is 5.82 Å². The summed E-state index contributed by atoms with van der Waals surface area (Å²) in [6, 6.07) is 65.7. The molecule has 0 N–H and O–H groups in total. The van der Waals surface area contributed by atoms with Gasteiger partial charge in [-0.2, -0.15) is 0 Å². The highest BCUT2D eigenvalue weighted by Gasteiger charge is 2.53. The molecule has 0 saturated carbocycles. The van der Waals surface area contributed by atoms with E-state index in [0.29, 0.717) is 0 Å². The van der Waals surface area contributed by atoms with Crippen molar-refractivity contribution in [3.63, 3.8) is 0 Å². The fourth-order valence-corrected chi connectivity index (χ4v) is 9.98. The maximum Gasteiger partial charge on any atom is 0.160 e. The first kappa shape index (κ1) is 29.3. The third-order valence-electron chi connectivity index (χ3n) is 10.9. The lowest BCUT2D eigenvalue weighted by molar-refractivity contribution is 0.803. The highest BCUT2D eigenvalue weighted by molar-refractivity contribution is 7.22. The average molecular weight is 679 g/mol. The van der Waals surface area contributed by atoms with Gasteiger partial charge in [0.25, 0.3) is 0 Å². The van der Waals surface area contributed by atoms with E-state index in [1.807, 2.05) is 29.5 Å². The van der Waals surface area contributed by atoms with Crippen LogP contribution in [0.3, 0.4) is 0 Å². The molecule has 9 aromatic rings. The molecule has 0 amide bonds. The van der Waals surface area contributed by atoms with Crippen LogP contribution in [0.2, 0.25) is 0 Å². The van der Waals surface area contributed by atoms with Gasteiger partial charge in [0.2, 0.25) is 0 Å². The standard InChI is InChI=1S/C49H30N2S/c1-3-13-31(14-4-1)32-23-25-33(26-24-32)43-30-44(51-48(50-43)34-15-5-2-6-16-34)35-27-28-42-39(29-35)36-17-7-10-20-40(36)49(42)41-21-11-8-18-37(41)47-46(49)38-19-9-12-22-45(38)52-47/h1-30H. The first-order valence-corrected chi connectivity index (χ1v) is 18.6. The summed E-state index contributed by atoms with van der Waals surface area (Å²) in [6.07, 6.45) is 0. The Morgan fingerprint density at radius 2 is 0.923 bits per heavy atom. The van der Waals surface area contributed by atoms with Gasteiger partial charge in [-0.1, -0.05) is 164 Å². The van der Waals surface area contributed by atoms with Crippen LogP contribution < -0.4 is 0 Å². The highest BCUT2D eigenvalue weighted by Crippen LogP contribution is 2.66. The Bertz CT molecular complexity index is 2840. The lowest BCUT2D eigenvalue weighted by atomic mass is 9.70. The van der Waals surface area contributed by atoms with Crippen LogP contribution in [-0.4, -0.2) is 9.97 Å². The third-order valence-corrected chi connectivity index (χ3v) is 12.1. The van der Waals surface area contributed by atoms with Crippen LogP contribution >= 0.6 is 11.3 Å². The van der Waals surface area contributed by atoms with Crippen molar-refractivity contribution in [1.82, 2.24) is 9.97 Å². The second kappa shape index (κ2) is 11.3. The SMILES string of the molecule is c1ccc(-c2ccc(-c3cc(-c4ccc5c(c4)-c4ccccc4C54c5ccccc5-c5sc6ccccc6c54)nc(-c4ccccc4)n3)cc2)cc1. The van der Waals surface area contributed by atoms with E-state index >= 15 is 0 Å². The Labute approximate surface area is 306 Å². The Balaban J connectivity index is 1.12. The smallest absolute Gasteiger partial charge is 0.160 e. The second-order valence-electron chi connectivity index (χ2n) is 13.7. The molecule has 11 rings (SSSR count). The molecule has 2 nitrogen and oxygen atoms in total. The third kappa shape index (κ3) is 4.17. The zero-order valence-corrected chi connectivity index (χ0v) is 28.9. The lowest BCUT2D eigenvalue weighted by Crippen LogP contribution is -2.25. The maximum absolute atomic E-state index is 5.23. The van der Waals surface area contributed by atoms with Gasteiger partial charge in [0, 0.05) is 26.3 Å². The molecule has 3 heteroatoms. The van der Waals surface area contributed by atoms with Crippen molar-refractivity contribution >= 4 is 21.4 Å². The monoisotopic (exact) mass is 678 g/mol. The van der Waals surface area contributed by atoms with Crippen molar-refractivity contribution in [3.8, 4) is 66.6 Å². The van der Waals surface area contributed by atoms with Gasteiger partial charge in [-0.3, -0.25) is 0 Å². The number of nitrogens with zero attached hydrogens (tertiary/aromatic N) is 2. The predicted molar refractivity (Wildman–Crippen MR) is 215 cm³/mol. The van der Waals surface area contributed by atoms with Crippen molar-refractivity contribution in [2.75, 3.05) is 0 Å². The Kier molecular flexibility index (Phi) is 6.37. The molecule has 52 heavy (non-hydrogen) atoms. The summed E-state index contributed by atoms with van der Waals surface area (Å²) < 4.78 is 1.34. The van der Waals surface area contributed by atoms with Crippen molar-refractivity contribution < 1.29 is 0 Å². The van der Waals surface area contributed by atoms with Gasteiger partial charge < -0.3 is 0 Å². The fraction of sp³-hybridized carbons (Fsp3) is 0.0204. The molecule has 1 atom stereocenters. The van der Waals surface area contributed by atoms with E-state index in [1.54, 1.807) is 0 Å². The van der Waals surface area contributed by atoms with Gasteiger partial charge in [-0.15, -0.1) is 11.3 Å². The molecular formula is C49H30N2S. The molecule has 242 valence electrons. The van der Waals surface area contributed by atoms with Crippen molar-refractivity contribution in [2.45, 2.75) is 5.41 Å². The molecule has 1 spiro atoms. The molecule has 0 aliphatic heterocycles. The Hall–Kier alpha value is -6.42. The van der Waals surface area contributed by atoms with Crippen LogP contribution in [0.25, 0.3) is 76.7 Å². The normalized spacial score (nSPS) is 15.0. The first-order valence-electron chi connectivity index (χ1n) is 17.7. The Morgan fingerprint density at radius 3 is 1.69 bits per heavy atom. The summed E-state index contributed by atoms with van der Waals surface area (Å²) >= 11 is 1.92. The van der Waals surface area contributed by atoms with Crippen LogP contribution in [0.5, 0.6) is 0 Å². The molecule has 0 bridgehead atoms. The minimum Gasteiger partial charge on any atom is -0.228 e. The zero-order valence-electron chi connectivity index (χ0n) is 28.1. The molecule has 2 aliphatic rings. The molecule has 1 unspecified atom stereocenters. The maximum atomic E-state index is 5.23. The predicted octanol–water partition coefficient (Wildman–Crippen LogP) is 12.7. The van der Waals surface area contributed by atoms with E-state index in [9.17, 15) is 0 Å². The number of thiophene rings is 1. The quantitative estimate of drug-likeness (QED) is 0.185. The number of benzene rings is 7. The van der Waals surface area contributed by atoms with E-state index in [4.69, 9.17) is 9.97 Å². The van der Waals surface area contributed by atoms with E-state index in [-0.39, 0.29) is 5.41 Å². The van der Waals surface area contributed by atoms with Crippen LogP contribution in [0.1, 0.15) is 22.3 Å². The number of fused-ring (bicyclic) bond motifs is 12. The second-order valence-corrected chi connectivity index (χ2v) is 14.7. The Morgan fingerprint density at radius 1 is 0.385 bits per heavy atom. The summed E-state index contributed by atoms with van der Waals surface area (Å²) in [5.41, 5.74) is 16.3. The number of aromatic nitrogens is 2. The van der Waals surface area contributed by atoms with Gasteiger partial charge in [0.1, 0.15) is 0 Å². The summed E-state index contributed by atoms with van der Waals surface area (Å²) in [4.78, 5) is 11.7. The van der Waals surface area contributed by atoms with Crippen molar-refractivity contribution in [3.05, 3.63) is 204 Å². The number of hydrogen-bond acceptors (Lipinski definition) is 3. The van der Waals surface area contributed by atoms with Gasteiger partial charge in [0.05, 0.1) is 16.8 Å². The van der Waals surface area contributed by atoms with Crippen LogP contribution in [0.4, 0.5) is 0 Å². The van der Waals surface area contributed by atoms with E-state index < -0.39 is 0 Å². The minimum absolute atomic E-state index is 0.386. The highest BCUT2D eigenvalue weighted by atomic mass is 32.1. The lowest BCUT2D eigenvalue weighted by Gasteiger charge is -2.30. The number of hydrogen-bond donors (Lipinski definition) is 0. The summed E-state index contributed by atoms with van der Waals surface area (Å²) in [5, 5.41) is 1.34. The minimum atomic E-state index is -0.386. The average Bonchev–Trinajstić information content (AvgIpc) is 3.85.